The monoisotopic (exact) mass is 500 g/mol. The van der Waals surface area contributed by atoms with Gasteiger partial charge in [0.15, 0.2) is 5.30 Å². The Morgan fingerprint density at radius 3 is 1.22 bits per heavy atom. The SMILES string of the molecule is Cc1cc(C)c([PH+]=O)c(C)c1.[C-]#[O+].[C-]#[O+].[C-]#[O+].[CH]1[CH][CH][CH][CH]1.[W]. The molecule has 1 aromatic carbocycles. The maximum Gasteiger partial charge on any atom is 0 e. The Bertz CT molecular complexity index is 432. The quantitative estimate of drug-likeness (QED) is 0.332. The topological polar surface area (TPSA) is 76.8 Å². The second-order valence-electron chi connectivity index (χ2n) is 3.84. The molecule has 0 amide bonds. The van der Waals surface area contributed by atoms with Gasteiger partial charge >= 0.3 is 42.4 Å². The van der Waals surface area contributed by atoms with Gasteiger partial charge < -0.3 is 0 Å². The molecular formula is C17H17O4PW+. The van der Waals surface area contributed by atoms with Crippen molar-refractivity contribution in [3.63, 3.8) is 0 Å². The van der Waals surface area contributed by atoms with Crippen LogP contribution in [0.15, 0.2) is 12.1 Å². The molecule has 0 aliphatic heterocycles. The molecule has 0 N–H and O–H groups in total. The van der Waals surface area contributed by atoms with E-state index in [9.17, 15) is 4.57 Å². The predicted molar refractivity (Wildman–Crippen MR) is 82.6 cm³/mol. The van der Waals surface area contributed by atoms with Crippen molar-refractivity contribution in [2.75, 3.05) is 0 Å². The first-order valence-electron chi connectivity index (χ1n) is 5.89. The van der Waals surface area contributed by atoms with E-state index in [1.165, 1.54) is 5.56 Å². The van der Waals surface area contributed by atoms with Crippen molar-refractivity contribution in [2.24, 2.45) is 0 Å². The molecule has 1 unspecified atom stereocenters. The van der Waals surface area contributed by atoms with Gasteiger partial charge in [0, 0.05) is 32.2 Å². The van der Waals surface area contributed by atoms with Crippen molar-refractivity contribution in [1.82, 2.24) is 0 Å². The molecule has 0 saturated heterocycles. The molecule has 0 bridgehead atoms. The van der Waals surface area contributed by atoms with E-state index in [-0.39, 0.29) is 29.5 Å². The minimum absolute atomic E-state index is 0. The Hall–Kier alpha value is -0.772. The van der Waals surface area contributed by atoms with Crippen LogP contribution in [-0.2, 0) is 39.6 Å². The van der Waals surface area contributed by atoms with Gasteiger partial charge in [0.2, 0.25) is 0 Å². The minimum Gasteiger partial charge on any atom is -0.0312 e. The van der Waals surface area contributed by atoms with E-state index in [4.69, 9.17) is 14.0 Å². The van der Waals surface area contributed by atoms with Crippen molar-refractivity contribution >= 4 is 13.8 Å². The summed E-state index contributed by atoms with van der Waals surface area (Å²) < 4.78 is 33.2. The maximum atomic E-state index is 10.7. The van der Waals surface area contributed by atoms with Gasteiger partial charge in [-0.2, -0.15) is 0 Å². The zero-order valence-corrected chi connectivity index (χ0v) is 17.0. The summed E-state index contributed by atoms with van der Waals surface area (Å²) in [6, 6.07) is 4.13. The molecule has 4 nitrogen and oxygen atoms in total. The average Bonchev–Trinajstić information content (AvgIpc) is 3.12. The molecule has 1 aliphatic rings. The molecular weight excluding hydrogens is 483 g/mol. The van der Waals surface area contributed by atoms with Gasteiger partial charge in [-0.1, -0.05) is 22.3 Å². The van der Waals surface area contributed by atoms with Crippen LogP contribution >= 0.6 is 8.46 Å². The van der Waals surface area contributed by atoms with Crippen LogP contribution in [-0.4, -0.2) is 0 Å². The predicted octanol–water partition coefficient (Wildman–Crippen LogP) is 3.17. The van der Waals surface area contributed by atoms with Crippen LogP contribution < -0.4 is 5.30 Å². The van der Waals surface area contributed by atoms with E-state index in [0.717, 1.165) is 16.4 Å². The van der Waals surface area contributed by atoms with Crippen molar-refractivity contribution < 1.29 is 39.6 Å². The van der Waals surface area contributed by atoms with Gasteiger partial charge in [0.05, 0.1) is 0 Å². The Morgan fingerprint density at radius 2 is 1.00 bits per heavy atom. The minimum atomic E-state index is -0.326. The molecule has 119 valence electrons. The molecule has 1 aromatic rings. The third kappa shape index (κ3) is 15.9. The van der Waals surface area contributed by atoms with Crippen molar-refractivity contribution in [2.45, 2.75) is 20.8 Å². The summed E-state index contributed by atoms with van der Waals surface area (Å²) in [6.07, 6.45) is 10.0. The van der Waals surface area contributed by atoms with Gasteiger partial charge in [-0.05, 0) is 52.9 Å². The number of rotatable bonds is 1. The molecule has 1 atom stereocenters. The van der Waals surface area contributed by atoms with Crippen LogP contribution in [0.25, 0.3) is 0 Å². The Balaban J connectivity index is -0.000000127. The molecule has 0 spiro atoms. The van der Waals surface area contributed by atoms with E-state index >= 15 is 0 Å². The van der Waals surface area contributed by atoms with Crippen molar-refractivity contribution in [3.05, 3.63) is 80.9 Å². The summed E-state index contributed by atoms with van der Waals surface area (Å²) in [5, 5.41) is 0.982. The number of hydrogen-bond acceptors (Lipinski definition) is 1. The Morgan fingerprint density at radius 1 is 0.739 bits per heavy atom. The van der Waals surface area contributed by atoms with E-state index in [0.29, 0.717) is 0 Å². The van der Waals surface area contributed by atoms with E-state index in [2.05, 4.69) is 39.0 Å². The fourth-order valence-electron chi connectivity index (χ4n) is 1.66. The summed E-state index contributed by atoms with van der Waals surface area (Å²) in [4.78, 5) is 0. The van der Waals surface area contributed by atoms with Gasteiger partial charge in [-0.15, -0.1) is 0 Å². The molecule has 23 heavy (non-hydrogen) atoms. The second-order valence-corrected chi connectivity index (χ2v) is 4.54. The number of aryl methyl sites for hydroxylation is 3. The molecule has 1 saturated carbocycles. The van der Waals surface area contributed by atoms with E-state index < -0.39 is 0 Å². The van der Waals surface area contributed by atoms with E-state index in [1.54, 1.807) is 0 Å². The zero-order chi connectivity index (χ0) is 18.0. The Kier molecular flexibility index (Phi) is 30.8. The average molecular weight is 500 g/mol. The summed E-state index contributed by atoms with van der Waals surface area (Å²) in [6.45, 7) is 19.6. The first-order valence-corrected chi connectivity index (χ1v) is 6.80. The van der Waals surface area contributed by atoms with Crippen LogP contribution in [0.2, 0.25) is 0 Å². The van der Waals surface area contributed by atoms with Crippen LogP contribution in [0.4, 0.5) is 0 Å². The fourth-order valence-corrected chi connectivity index (χ4v) is 2.13. The van der Waals surface area contributed by atoms with Crippen LogP contribution in [0.5, 0.6) is 0 Å². The number of benzene rings is 1. The van der Waals surface area contributed by atoms with Crippen LogP contribution in [0.1, 0.15) is 16.7 Å². The van der Waals surface area contributed by atoms with Gasteiger partial charge in [-0.3, -0.25) is 0 Å². The Labute approximate surface area is 155 Å². The zero-order valence-electron chi connectivity index (χ0n) is 13.1. The molecule has 2 rings (SSSR count). The molecule has 1 fully saturated rings. The normalized spacial score (nSPS) is 10.5. The first kappa shape index (κ1) is 30.1. The van der Waals surface area contributed by atoms with Crippen LogP contribution in [0.3, 0.4) is 0 Å². The molecule has 0 heterocycles. The standard InChI is InChI=1S/C9H11OP.C5H5.3CO.W/c1-6-4-7(2)9(11-10)8(3)5-6;1-2-4-5-3-1;3*1-2;/h4-5H,1-3H3;1-5H;;;;/p+1. The molecule has 5 radical (unpaired) electrons. The van der Waals surface area contributed by atoms with E-state index in [1.807, 2.05) is 46.0 Å². The maximum absolute atomic E-state index is 10.7. The van der Waals surface area contributed by atoms with Gasteiger partial charge in [0.25, 0.3) is 0 Å². The smallest absolute Gasteiger partial charge is 0 e. The summed E-state index contributed by atoms with van der Waals surface area (Å²) in [5.41, 5.74) is 3.51. The number of hydrogen-bond donors (Lipinski definition) is 0. The van der Waals surface area contributed by atoms with Gasteiger partial charge in [-0.25, -0.2) is 0 Å². The second kappa shape index (κ2) is 23.5. The third-order valence-corrected chi connectivity index (χ3v) is 3.33. The van der Waals surface area contributed by atoms with Crippen molar-refractivity contribution in [3.8, 4) is 0 Å². The first-order chi connectivity index (χ1) is 10.6. The summed E-state index contributed by atoms with van der Waals surface area (Å²) in [7, 11) is -0.326. The van der Waals surface area contributed by atoms with Gasteiger partial charge in [0.1, 0.15) is 0 Å². The van der Waals surface area contributed by atoms with Crippen LogP contribution in [0, 0.1) is 72.8 Å². The summed E-state index contributed by atoms with van der Waals surface area (Å²) >= 11 is 0. The molecule has 1 aliphatic carbocycles. The molecule has 0 aromatic heterocycles. The largest absolute Gasteiger partial charge is 0.0312 e. The third-order valence-electron chi connectivity index (χ3n) is 2.33. The summed E-state index contributed by atoms with van der Waals surface area (Å²) in [5.74, 6) is 0. The fraction of sp³-hybridized carbons (Fsp3) is 0.176. The molecule has 6 heteroatoms. The van der Waals surface area contributed by atoms with Crippen molar-refractivity contribution in [1.29, 1.82) is 0 Å².